The topological polar surface area (TPSA) is 127 Å². The third kappa shape index (κ3) is 2.72. The Kier molecular flexibility index (Phi) is 4.12. The molecule has 0 aliphatic carbocycles. The molecule has 0 saturated carbocycles. The van der Waals surface area contributed by atoms with Crippen LogP contribution >= 0.6 is 0 Å². The molecule has 1 saturated heterocycles. The second-order valence-electron chi connectivity index (χ2n) is 5.39. The maximum absolute atomic E-state index is 13.1. The first-order chi connectivity index (χ1) is 11.0. The fraction of sp³-hybridized carbons (Fsp3) is 0.385. The lowest BCUT2D eigenvalue weighted by atomic mass is 9.86. The molecule has 0 spiro atoms. The van der Waals surface area contributed by atoms with Crippen molar-refractivity contribution in [2.45, 2.75) is 12.6 Å². The molecule has 0 bridgehead atoms. The molecule has 1 aliphatic heterocycles. The lowest BCUT2D eigenvalue weighted by molar-refractivity contribution is -0.383. The Balaban J connectivity index is 2.31. The van der Waals surface area contributed by atoms with E-state index in [0.717, 1.165) is 23.1 Å². The van der Waals surface area contributed by atoms with Crippen LogP contribution in [0, 0.1) is 15.5 Å². The molecular formula is C13H12F3N3O5. The third-order valence-corrected chi connectivity index (χ3v) is 3.98. The number of carbonyl (C=O) groups excluding carboxylic acids is 1. The van der Waals surface area contributed by atoms with Crippen molar-refractivity contribution < 1.29 is 32.8 Å². The molecule has 1 aliphatic rings. The average molecular weight is 347 g/mol. The number of carboxylic acid groups (broad SMARTS) is 1. The Bertz CT molecular complexity index is 721. The lowest BCUT2D eigenvalue weighted by Crippen LogP contribution is -2.47. The number of halogens is 3. The Hall–Kier alpha value is -2.85. The zero-order valence-corrected chi connectivity index (χ0v) is 12.0. The summed E-state index contributed by atoms with van der Waals surface area (Å²) in [4.78, 5) is 34.1. The van der Waals surface area contributed by atoms with Gasteiger partial charge in [-0.3, -0.25) is 19.7 Å². The highest BCUT2D eigenvalue weighted by Gasteiger charge is 2.64. The van der Waals surface area contributed by atoms with Gasteiger partial charge in [-0.25, -0.2) is 0 Å². The minimum Gasteiger partial charge on any atom is -0.481 e. The molecule has 1 heterocycles. The zero-order valence-electron chi connectivity index (χ0n) is 12.0. The second-order valence-corrected chi connectivity index (χ2v) is 5.39. The van der Waals surface area contributed by atoms with Gasteiger partial charge in [0.25, 0.3) is 11.6 Å². The van der Waals surface area contributed by atoms with Crippen molar-refractivity contribution in [1.82, 2.24) is 4.90 Å². The lowest BCUT2D eigenvalue weighted by Gasteiger charge is -2.27. The minimum absolute atomic E-state index is 0.201. The number of rotatable bonds is 3. The highest BCUT2D eigenvalue weighted by molar-refractivity contribution is 5.96. The van der Waals surface area contributed by atoms with Crippen LogP contribution < -0.4 is 5.73 Å². The predicted molar refractivity (Wildman–Crippen MR) is 74.2 cm³/mol. The minimum atomic E-state index is -5.03. The fourth-order valence-electron chi connectivity index (χ4n) is 2.53. The first-order valence-corrected chi connectivity index (χ1v) is 6.63. The summed E-state index contributed by atoms with van der Waals surface area (Å²) in [5.41, 5.74) is 1.36. The quantitative estimate of drug-likeness (QED) is 0.486. The highest BCUT2D eigenvalue weighted by Crippen LogP contribution is 2.46. The van der Waals surface area contributed by atoms with E-state index in [1.54, 1.807) is 0 Å². The number of carbonyl (C=O) groups is 2. The van der Waals surface area contributed by atoms with E-state index in [1.165, 1.54) is 0 Å². The van der Waals surface area contributed by atoms with Gasteiger partial charge < -0.3 is 15.7 Å². The van der Waals surface area contributed by atoms with E-state index in [9.17, 15) is 32.9 Å². The number of anilines is 1. The molecule has 3 N–H and O–H groups in total. The number of alkyl halides is 3. The molecule has 24 heavy (non-hydrogen) atoms. The van der Waals surface area contributed by atoms with Crippen LogP contribution in [0.5, 0.6) is 0 Å². The van der Waals surface area contributed by atoms with Crippen LogP contribution in [-0.4, -0.2) is 46.1 Å². The first-order valence-electron chi connectivity index (χ1n) is 6.63. The Morgan fingerprint density at radius 3 is 2.46 bits per heavy atom. The molecule has 1 amide bonds. The SMILES string of the molecule is Nc1ccc(C(=O)N2CCC(C(=O)O)(C(F)(F)F)C2)cc1[N+](=O)[O-]. The molecule has 1 aromatic carbocycles. The van der Waals surface area contributed by atoms with E-state index in [-0.39, 0.29) is 11.3 Å². The van der Waals surface area contributed by atoms with Gasteiger partial charge in [-0.1, -0.05) is 0 Å². The van der Waals surface area contributed by atoms with E-state index in [4.69, 9.17) is 10.8 Å². The van der Waals surface area contributed by atoms with Crippen molar-refractivity contribution in [1.29, 1.82) is 0 Å². The summed E-state index contributed by atoms with van der Waals surface area (Å²) in [7, 11) is 0. The normalized spacial score (nSPS) is 20.9. The number of nitrogen functional groups attached to an aromatic ring is 1. The number of nitrogens with two attached hydrogens (primary N) is 1. The summed E-state index contributed by atoms with van der Waals surface area (Å²) in [5.74, 6) is -2.99. The van der Waals surface area contributed by atoms with Crippen LogP contribution in [0.1, 0.15) is 16.8 Å². The Labute approximate surface area is 132 Å². The number of nitro groups is 1. The smallest absolute Gasteiger partial charge is 0.406 e. The third-order valence-electron chi connectivity index (χ3n) is 3.98. The molecule has 2 rings (SSSR count). The van der Waals surface area contributed by atoms with Gasteiger partial charge in [0.2, 0.25) is 0 Å². The number of carboxylic acids is 1. The summed E-state index contributed by atoms with van der Waals surface area (Å²) < 4.78 is 39.3. The van der Waals surface area contributed by atoms with Crippen molar-refractivity contribution in [3.05, 3.63) is 33.9 Å². The van der Waals surface area contributed by atoms with E-state index < -0.39 is 53.6 Å². The van der Waals surface area contributed by atoms with E-state index in [1.807, 2.05) is 0 Å². The second kappa shape index (κ2) is 5.65. The van der Waals surface area contributed by atoms with Gasteiger partial charge in [0.1, 0.15) is 5.69 Å². The summed E-state index contributed by atoms with van der Waals surface area (Å²) >= 11 is 0. The molecule has 1 aromatic rings. The molecule has 0 aromatic heterocycles. The van der Waals surface area contributed by atoms with Gasteiger partial charge in [-0.15, -0.1) is 0 Å². The molecule has 0 radical (unpaired) electrons. The van der Waals surface area contributed by atoms with E-state index in [0.29, 0.717) is 0 Å². The van der Waals surface area contributed by atoms with Gasteiger partial charge in [-0.2, -0.15) is 13.2 Å². The number of hydrogen-bond donors (Lipinski definition) is 2. The first kappa shape index (κ1) is 17.5. The molecule has 1 fully saturated rings. The molecule has 1 atom stereocenters. The standard InChI is InChI=1S/C13H12F3N3O5/c14-13(15,16)12(11(21)22)3-4-18(6-12)10(20)7-1-2-8(17)9(5-7)19(23)24/h1-2,5H,3-4,6,17H2,(H,21,22). The summed E-state index contributed by atoms with van der Waals surface area (Å²) in [6.45, 7) is -1.48. The van der Waals surface area contributed by atoms with Crippen LogP contribution in [0.3, 0.4) is 0 Å². The molecule has 1 unspecified atom stereocenters. The molecule has 8 nitrogen and oxygen atoms in total. The Morgan fingerprint density at radius 1 is 1.38 bits per heavy atom. The predicted octanol–water partition coefficient (Wildman–Crippen LogP) is 1.66. The van der Waals surface area contributed by atoms with E-state index >= 15 is 0 Å². The molecule has 130 valence electrons. The summed E-state index contributed by atoms with van der Waals surface area (Å²) in [5, 5.41) is 19.8. The number of nitrogens with zero attached hydrogens (tertiary/aromatic N) is 2. The zero-order chi connectivity index (χ0) is 18.3. The number of hydrogen-bond acceptors (Lipinski definition) is 5. The van der Waals surface area contributed by atoms with Crippen LogP contribution in [0.15, 0.2) is 18.2 Å². The van der Waals surface area contributed by atoms with Crippen molar-refractivity contribution in [2.75, 3.05) is 18.8 Å². The van der Waals surface area contributed by atoms with Crippen molar-refractivity contribution >= 4 is 23.3 Å². The summed E-state index contributed by atoms with van der Waals surface area (Å²) in [6.07, 6.45) is -5.81. The van der Waals surface area contributed by atoms with Crippen LogP contribution in [0.2, 0.25) is 0 Å². The largest absolute Gasteiger partial charge is 0.481 e. The maximum Gasteiger partial charge on any atom is 0.406 e. The van der Waals surface area contributed by atoms with Gasteiger partial charge >= 0.3 is 12.1 Å². The van der Waals surface area contributed by atoms with E-state index in [2.05, 4.69) is 0 Å². The number of likely N-dealkylation sites (tertiary alicyclic amines) is 1. The van der Waals surface area contributed by atoms with Crippen LogP contribution in [-0.2, 0) is 4.79 Å². The number of amides is 1. The number of benzene rings is 1. The van der Waals surface area contributed by atoms with Gasteiger partial charge in [0.15, 0.2) is 5.41 Å². The number of nitro benzene ring substituents is 1. The molecular weight excluding hydrogens is 335 g/mol. The Morgan fingerprint density at radius 2 is 2.00 bits per heavy atom. The monoisotopic (exact) mass is 347 g/mol. The number of aliphatic carboxylic acids is 1. The highest BCUT2D eigenvalue weighted by atomic mass is 19.4. The van der Waals surface area contributed by atoms with Crippen molar-refractivity contribution in [3.8, 4) is 0 Å². The maximum atomic E-state index is 13.1. The molecule has 11 heteroatoms. The van der Waals surface area contributed by atoms with Gasteiger partial charge in [0.05, 0.1) is 4.92 Å². The van der Waals surface area contributed by atoms with Crippen LogP contribution in [0.25, 0.3) is 0 Å². The van der Waals surface area contributed by atoms with Crippen molar-refractivity contribution in [3.63, 3.8) is 0 Å². The van der Waals surface area contributed by atoms with Gasteiger partial charge in [-0.05, 0) is 18.6 Å². The van der Waals surface area contributed by atoms with Gasteiger partial charge in [0, 0.05) is 24.7 Å². The van der Waals surface area contributed by atoms with Crippen molar-refractivity contribution in [2.24, 2.45) is 5.41 Å². The van der Waals surface area contributed by atoms with Crippen LogP contribution in [0.4, 0.5) is 24.5 Å². The average Bonchev–Trinajstić information content (AvgIpc) is 2.93. The fourth-order valence-corrected chi connectivity index (χ4v) is 2.53. The summed E-state index contributed by atoms with van der Waals surface area (Å²) in [6, 6.07) is 3.08.